The van der Waals surface area contributed by atoms with Crippen LogP contribution >= 0.6 is 11.6 Å². The number of aryl methyl sites for hydroxylation is 1. The SMILES string of the molecule is Fc1cc2[nH]c3c(c2cc1Cl)CCC(c1ncccn1)CCC3c1ccc(C2CC2)cc1. The molecule has 32 heavy (non-hydrogen) atoms. The summed E-state index contributed by atoms with van der Waals surface area (Å²) in [7, 11) is 0. The molecule has 0 amide bonds. The summed E-state index contributed by atoms with van der Waals surface area (Å²) in [5.41, 5.74) is 6.03. The van der Waals surface area contributed by atoms with Crippen molar-refractivity contribution < 1.29 is 4.39 Å². The number of benzene rings is 2. The lowest BCUT2D eigenvalue weighted by Gasteiger charge is -2.25. The van der Waals surface area contributed by atoms with Crippen molar-refractivity contribution in [2.45, 2.75) is 56.3 Å². The summed E-state index contributed by atoms with van der Waals surface area (Å²) in [4.78, 5) is 12.7. The Morgan fingerprint density at radius 1 is 0.875 bits per heavy atom. The zero-order valence-electron chi connectivity index (χ0n) is 17.8. The van der Waals surface area contributed by atoms with Crippen LogP contribution < -0.4 is 0 Å². The van der Waals surface area contributed by atoms with Gasteiger partial charge in [0, 0.05) is 40.8 Å². The average Bonchev–Trinajstić information content (AvgIpc) is 3.60. The van der Waals surface area contributed by atoms with Crippen molar-refractivity contribution >= 4 is 22.5 Å². The van der Waals surface area contributed by atoms with Gasteiger partial charge in [-0.05, 0) is 79.3 Å². The number of aromatic amines is 1. The normalized spacial score (nSPS) is 21.2. The maximum Gasteiger partial charge on any atom is 0.143 e. The van der Waals surface area contributed by atoms with Gasteiger partial charge in [-0.2, -0.15) is 0 Å². The highest BCUT2D eigenvalue weighted by Gasteiger charge is 2.29. The van der Waals surface area contributed by atoms with Gasteiger partial charge in [-0.1, -0.05) is 35.9 Å². The minimum absolute atomic E-state index is 0.176. The smallest absolute Gasteiger partial charge is 0.143 e. The summed E-state index contributed by atoms with van der Waals surface area (Å²) >= 11 is 6.18. The molecule has 162 valence electrons. The van der Waals surface area contributed by atoms with Gasteiger partial charge in [-0.3, -0.25) is 0 Å². The third-order valence-corrected chi connectivity index (χ3v) is 7.50. The maximum atomic E-state index is 14.2. The van der Waals surface area contributed by atoms with E-state index >= 15 is 0 Å². The molecule has 2 unspecified atom stereocenters. The Kier molecular flexibility index (Phi) is 4.98. The van der Waals surface area contributed by atoms with Crippen molar-refractivity contribution in [3.8, 4) is 0 Å². The second-order valence-corrected chi connectivity index (χ2v) is 9.65. The molecule has 1 N–H and O–H groups in total. The molecule has 2 aliphatic carbocycles. The fourth-order valence-corrected chi connectivity index (χ4v) is 5.50. The minimum Gasteiger partial charge on any atom is -0.358 e. The predicted octanol–water partition coefficient (Wildman–Crippen LogP) is 7.27. The molecule has 6 rings (SSSR count). The van der Waals surface area contributed by atoms with Gasteiger partial charge in [-0.25, -0.2) is 14.4 Å². The fourth-order valence-electron chi connectivity index (χ4n) is 5.34. The van der Waals surface area contributed by atoms with Crippen LogP contribution in [-0.4, -0.2) is 15.0 Å². The Bertz CT molecular complexity index is 1260. The molecule has 2 aromatic carbocycles. The lowest BCUT2D eigenvalue weighted by Crippen LogP contribution is -2.14. The molecule has 2 heterocycles. The average molecular weight is 446 g/mol. The van der Waals surface area contributed by atoms with Crippen LogP contribution in [0.5, 0.6) is 0 Å². The number of aromatic nitrogens is 3. The van der Waals surface area contributed by atoms with E-state index in [9.17, 15) is 4.39 Å². The Morgan fingerprint density at radius 2 is 1.59 bits per heavy atom. The molecule has 2 atom stereocenters. The van der Waals surface area contributed by atoms with Crippen molar-refractivity contribution in [3.63, 3.8) is 0 Å². The van der Waals surface area contributed by atoms with Crippen LogP contribution in [0.4, 0.5) is 4.39 Å². The Labute approximate surface area is 192 Å². The predicted molar refractivity (Wildman–Crippen MR) is 126 cm³/mol. The lowest BCUT2D eigenvalue weighted by atomic mass is 9.80. The third-order valence-electron chi connectivity index (χ3n) is 7.21. The molecule has 0 aliphatic heterocycles. The van der Waals surface area contributed by atoms with Crippen LogP contribution in [0, 0.1) is 5.82 Å². The molecular weight excluding hydrogens is 421 g/mol. The first-order chi connectivity index (χ1) is 15.7. The number of nitrogens with zero attached hydrogens (tertiary/aromatic N) is 2. The number of hydrogen-bond acceptors (Lipinski definition) is 2. The highest BCUT2D eigenvalue weighted by molar-refractivity contribution is 6.31. The van der Waals surface area contributed by atoms with E-state index in [1.54, 1.807) is 6.07 Å². The Morgan fingerprint density at radius 3 is 2.34 bits per heavy atom. The zero-order valence-corrected chi connectivity index (χ0v) is 18.6. The van der Waals surface area contributed by atoms with E-state index in [-0.39, 0.29) is 16.8 Å². The molecule has 0 spiro atoms. The van der Waals surface area contributed by atoms with E-state index in [0.717, 1.165) is 48.3 Å². The number of fused-ring (bicyclic) bond motifs is 3. The monoisotopic (exact) mass is 445 g/mol. The van der Waals surface area contributed by atoms with Gasteiger partial charge in [0.25, 0.3) is 0 Å². The first-order valence-corrected chi connectivity index (χ1v) is 11.9. The minimum atomic E-state index is -0.380. The lowest BCUT2D eigenvalue weighted by molar-refractivity contribution is 0.489. The molecule has 5 heteroatoms. The second kappa shape index (κ2) is 8.00. The second-order valence-electron chi connectivity index (χ2n) is 9.24. The zero-order chi connectivity index (χ0) is 21.7. The van der Waals surface area contributed by atoms with Crippen LogP contribution in [0.15, 0.2) is 54.9 Å². The van der Waals surface area contributed by atoms with E-state index in [1.807, 2.05) is 18.5 Å². The first-order valence-electron chi connectivity index (χ1n) is 11.5. The Hall–Kier alpha value is -2.72. The van der Waals surface area contributed by atoms with Gasteiger partial charge >= 0.3 is 0 Å². The molecule has 0 bridgehead atoms. The molecule has 2 aliphatic rings. The number of hydrogen-bond donors (Lipinski definition) is 1. The van der Waals surface area contributed by atoms with Crippen LogP contribution in [0.3, 0.4) is 0 Å². The van der Waals surface area contributed by atoms with Gasteiger partial charge in [0.2, 0.25) is 0 Å². The highest BCUT2D eigenvalue weighted by Crippen LogP contribution is 2.44. The van der Waals surface area contributed by atoms with Crippen LogP contribution in [0.25, 0.3) is 10.9 Å². The summed E-state index contributed by atoms with van der Waals surface area (Å²) in [6, 6.07) is 14.3. The number of nitrogens with one attached hydrogen (secondary N) is 1. The standard InChI is InChI=1S/C27H25ClFN3/c28-23-14-22-21-11-9-19(27-30-12-1-13-31-27)8-10-20(26(21)32-25(22)15-24(23)29)18-6-4-17(5-7-18)16-2-3-16/h1,4-7,12-16,19-20,32H,2-3,8-11H2. The summed E-state index contributed by atoms with van der Waals surface area (Å²) < 4.78 is 14.2. The van der Waals surface area contributed by atoms with Crippen molar-refractivity contribution in [1.29, 1.82) is 0 Å². The highest BCUT2D eigenvalue weighted by atomic mass is 35.5. The van der Waals surface area contributed by atoms with E-state index in [4.69, 9.17) is 11.6 Å². The molecule has 2 aromatic heterocycles. The first kappa shape index (κ1) is 19.9. The van der Waals surface area contributed by atoms with E-state index < -0.39 is 0 Å². The van der Waals surface area contributed by atoms with Crippen molar-refractivity contribution in [2.24, 2.45) is 0 Å². The van der Waals surface area contributed by atoms with Gasteiger partial charge in [0.1, 0.15) is 11.6 Å². The van der Waals surface area contributed by atoms with E-state index in [1.165, 1.54) is 41.3 Å². The van der Waals surface area contributed by atoms with Crippen LogP contribution in [-0.2, 0) is 6.42 Å². The molecule has 0 saturated heterocycles. The van der Waals surface area contributed by atoms with Crippen molar-refractivity contribution in [3.05, 3.63) is 93.9 Å². The van der Waals surface area contributed by atoms with E-state index in [2.05, 4.69) is 39.2 Å². The summed E-state index contributed by atoms with van der Waals surface area (Å²) in [6.45, 7) is 0. The van der Waals surface area contributed by atoms with Crippen molar-refractivity contribution in [2.75, 3.05) is 0 Å². The van der Waals surface area contributed by atoms with Crippen LogP contribution in [0.2, 0.25) is 5.02 Å². The maximum absolute atomic E-state index is 14.2. The fraction of sp³-hybridized carbons (Fsp3) is 0.333. The third kappa shape index (κ3) is 3.61. The number of rotatable bonds is 3. The van der Waals surface area contributed by atoms with Gasteiger partial charge in [0.15, 0.2) is 0 Å². The quantitative estimate of drug-likeness (QED) is 0.360. The molecule has 1 fully saturated rings. The van der Waals surface area contributed by atoms with Crippen LogP contribution in [0.1, 0.15) is 78.1 Å². The molecular formula is C27H25ClFN3. The Balaban J connectivity index is 1.45. The summed E-state index contributed by atoms with van der Waals surface area (Å²) in [5.74, 6) is 1.81. The molecule has 1 saturated carbocycles. The molecule has 0 radical (unpaired) electrons. The van der Waals surface area contributed by atoms with Gasteiger partial charge in [0.05, 0.1) is 5.02 Å². The topological polar surface area (TPSA) is 41.6 Å². The van der Waals surface area contributed by atoms with Gasteiger partial charge < -0.3 is 4.98 Å². The van der Waals surface area contributed by atoms with E-state index in [0.29, 0.717) is 5.92 Å². The summed E-state index contributed by atoms with van der Waals surface area (Å²) in [6.07, 6.45) is 10.1. The molecule has 3 nitrogen and oxygen atoms in total. The summed E-state index contributed by atoms with van der Waals surface area (Å²) in [5, 5.41) is 1.20. The molecule has 4 aromatic rings. The van der Waals surface area contributed by atoms with Crippen molar-refractivity contribution in [1.82, 2.24) is 15.0 Å². The number of H-pyrrole nitrogens is 1. The van der Waals surface area contributed by atoms with Gasteiger partial charge in [-0.15, -0.1) is 0 Å². The largest absolute Gasteiger partial charge is 0.358 e. The number of halogens is 2.